The molecule has 0 bridgehead atoms. The predicted octanol–water partition coefficient (Wildman–Crippen LogP) is 3.34. The molecule has 0 heterocycles. The van der Waals surface area contributed by atoms with Crippen LogP contribution in [-0.4, -0.2) is 11.2 Å². The van der Waals surface area contributed by atoms with Crippen molar-refractivity contribution in [2.24, 2.45) is 0 Å². The summed E-state index contributed by atoms with van der Waals surface area (Å²) in [6.45, 7) is 4.21. The minimum Gasteiger partial charge on any atom is -0.393 e. The molecule has 0 saturated heterocycles. The summed E-state index contributed by atoms with van der Waals surface area (Å²) >= 11 is 0. The van der Waals surface area contributed by atoms with Crippen LogP contribution in [0.25, 0.3) is 0 Å². The van der Waals surface area contributed by atoms with E-state index in [4.69, 9.17) is 0 Å². The third kappa shape index (κ3) is 3.15. The Hall–Kier alpha value is -0.820. The fourth-order valence-corrected chi connectivity index (χ4v) is 1.76. The van der Waals surface area contributed by atoms with Gasteiger partial charge in [0, 0.05) is 0 Å². The molecule has 0 spiro atoms. The van der Waals surface area contributed by atoms with E-state index in [1.807, 2.05) is 13.0 Å². The van der Waals surface area contributed by atoms with Crippen LogP contribution in [0.4, 0.5) is 0 Å². The first-order chi connectivity index (χ1) is 6.77. The quantitative estimate of drug-likeness (QED) is 0.758. The van der Waals surface area contributed by atoms with Gasteiger partial charge in [-0.2, -0.15) is 0 Å². The fraction of sp³-hybridized carbons (Fsp3) is 0.538. The van der Waals surface area contributed by atoms with Gasteiger partial charge in [0.2, 0.25) is 0 Å². The number of aliphatic hydroxyl groups is 1. The van der Waals surface area contributed by atoms with Crippen LogP contribution in [0.15, 0.2) is 30.3 Å². The Morgan fingerprint density at radius 3 is 2.21 bits per heavy atom. The molecule has 1 rings (SSSR count). The zero-order valence-electron chi connectivity index (χ0n) is 9.11. The van der Waals surface area contributed by atoms with E-state index in [1.165, 1.54) is 5.56 Å². The third-order valence-corrected chi connectivity index (χ3v) is 2.79. The lowest BCUT2D eigenvalue weighted by atomic mass is 9.90. The summed E-state index contributed by atoms with van der Waals surface area (Å²) in [4.78, 5) is 0. The first-order valence-corrected chi connectivity index (χ1v) is 5.50. The second kappa shape index (κ2) is 5.82. The van der Waals surface area contributed by atoms with Gasteiger partial charge in [0.15, 0.2) is 0 Å². The third-order valence-electron chi connectivity index (χ3n) is 2.79. The van der Waals surface area contributed by atoms with Crippen LogP contribution in [0.2, 0.25) is 0 Å². The van der Waals surface area contributed by atoms with Crippen molar-refractivity contribution in [2.75, 3.05) is 0 Å². The summed E-state index contributed by atoms with van der Waals surface area (Å²) in [5.74, 6) is 0.506. The van der Waals surface area contributed by atoms with Gasteiger partial charge in [-0.1, -0.05) is 44.2 Å². The summed E-state index contributed by atoms with van der Waals surface area (Å²) in [6, 6.07) is 10.5. The van der Waals surface area contributed by atoms with Crippen molar-refractivity contribution >= 4 is 0 Å². The molecule has 1 aromatic carbocycles. The van der Waals surface area contributed by atoms with E-state index in [2.05, 4.69) is 31.2 Å². The second-order valence-electron chi connectivity index (χ2n) is 3.81. The van der Waals surface area contributed by atoms with Gasteiger partial charge in [-0.15, -0.1) is 0 Å². The van der Waals surface area contributed by atoms with E-state index in [1.54, 1.807) is 0 Å². The van der Waals surface area contributed by atoms with Gasteiger partial charge in [0.25, 0.3) is 0 Å². The first kappa shape index (κ1) is 11.3. The lowest BCUT2D eigenvalue weighted by molar-refractivity contribution is 0.150. The first-order valence-electron chi connectivity index (χ1n) is 5.50. The van der Waals surface area contributed by atoms with E-state index in [-0.39, 0.29) is 6.10 Å². The summed E-state index contributed by atoms with van der Waals surface area (Å²) < 4.78 is 0. The van der Waals surface area contributed by atoms with E-state index in [9.17, 15) is 5.11 Å². The lowest BCUT2D eigenvalue weighted by Gasteiger charge is -2.18. The van der Waals surface area contributed by atoms with Gasteiger partial charge in [0.1, 0.15) is 0 Å². The largest absolute Gasteiger partial charge is 0.393 e. The molecule has 0 aliphatic rings. The average molecular weight is 192 g/mol. The Morgan fingerprint density at radius 1 is 1.07 bits per heavy atom. The lowest BCUT2D eigenvalue weighted by Crippen LogP contribution is -2.10. The number of hydrogen-bond acceptors (Lipinski definition) is 1. The standard InChI is InChI=1S/C13H20O/c1-3-11(10-13(14)4-2)12-8-6-5-7-9-12/h5-9,11,13-14H,3-4,10H2,1-2H3/t11-,13?/m0/s1. The molecule has 1 nitrogen and oxygen atoms in total. The molecule has 0 saturated carbocycles. The molecule has 0 radical (unpaired) electrons. The maximum atomic E-state index is 9.62. The Bertz CT molecular complexity index is 243. The maximum Gasteiger partial charge on any atom is 0.0543 e. The number of hydrogen-bond donors (Lipinski definition) is 1. The SMILES string of the molecule is CCC(O)C[C@H](CC)c1ccccc1. The molecule has 14 heavy (non-hydrogen) atoms. The van der Waals surface area contributed by atoms with E-state index in [0.29, 0.717) is 5.92 Å². The van der Waals surface area contributed by atoms with Crippen molar-refractivity contribution in [3.63, 3.8) is 0 Å². The maximum absolute atomic E-state index is 9.62. The highest BCUT2D eigenvalue weighted by Gasteiger charge is 2.12. The minimum atomic E-state index is -0.153. The molecule has 2 atom stereocenters. The number of benzene rings is 1. The topological polar surface area (TPSA) is 20.2 Å². The van der Waals surface area contributed by atoms with Gasteiger partial charge in [-0.25, -0.2) is 0 Å². The van der Waals surface area contributed by atoms with Crippen molar-refractivity contribution in [1.29, 1.82) is 0 Å². The summed E-state index contributed by atoms with van der Waals surface area (Å²) in [6.07, 6.45) is 2.68. The molecule has 78 valence electrons. The van der Waals surface area contributed by atoms with Gasteiger partial charge in [0.05, 0.1) is 6.10 Å². The van der Waals surface area contributed by atoms with Crippen LogP contribution >= 0.6 is 0 Å². The van der Waals surface area contributed by atoms with Crippen LogP contribution in [0.3, 0.4) is 0 Å². The Kier molecular flexibility index (Phi) is 4.68. The molecule has 0 amide bonds. The normalized spacial score (nSPS) is 15.1. The minimum absolute atomic E-state index is 0.153. The summed E-state index contributed by atoms with van der Waals surface area (Å²) in [5.41, 5.74) is 1.35. The molecule has 0 aromatic heterocycles. The monoisotopic (exact) mass is 192 g/mol. The van der Waals surface area contributed by atoms with Crippen LogP contribution in [0.1, 0.15) is 44.6 Å². The Labute approximate surface area is 86.8 Å². The van der Waals surface area contributed by atoms with Gasteiger partial charge >= 0.3 is 0 Å². The smallest absolute Gasteiger partial charge is 0.0543 e. The van der Waals surface area contributed by atoms with Crippen molar-refractivity contribution < 1.29 is 5.11 Å². The number of aliphatic hydroxyl groups excluding tert-OH is 1. The van der Waals surface area contributed by atoms with Crippen LogP contribution in [0.5, 0.6) is 0 Å². The number of rotatable bonds is 5. The summed E-state index contributed by atoms with van der Waals surface area (Å²) in [5, 5.41) is 9.62. The molecule has 0 aliphatic heterocycles. The molecular weight excluding hydrogens is 172 g/mol. The van der Waals surface area contributed by atoms with Crippen LogP contribution < -0.4 is 0 Å². The van der Waals surface area contributed by atoms with Crippen molar-refractivity contribution in [2.45, 2.75) is 45.1 Å². The molecule has 1 aromatic rings. The second-order valence-corrected chi connectivity index (χ2v) is 3.81. The molecular formula is C13H20O. The zero-order chi connectivity index (χ0) is 10.4. The van der Waals surface area contributed by atoms with Crippen LogP contribution in [0, 0.1) is 0 Å². The highest BCUT2D eigenvalue weighted by molar-refractivity contribution is 5.19. The van der Waals surface area contributed by atoms with Crippen molar-refractivity contribution in [3.8, 4) is 0 Å². The van der Waals surface area contributed by atoms with E-state index < -0.39 is 0 Å². The Balaban J connectivity index is 2.63. The van der Waals surface area contributed by atoms with E-state index >= 15 is 0 Å². The molecule has 0 aliphatic carbocycles. The highest BCUT2D eigenvalue weighted by Crippen LogP contribution is 2.25. The molecule has 1 heteroatoms. The average Bonchev–Trinajstić information content (AvgIpc) is 2.26. The predicted molar refractivity (Wildman–Crippen MR) is 60.4 cm³/mol. The highest BCUT2D eigenvalue weighted by atomic mass is 16.3. The summed E-state index contributed by atoms with van der Waals surface area (Å²) in [7, 11) is 0. The Morgan fingerprint density at radius 2 is 1.71 bits per heavy atom. The molecule has 1 N–H and O–H groups in total. The molecule has 1 unspecified atom stereocenters. The van der Waals surface area contributed by atoms with Gasteiger partial charge in [-0.3, -0.25) is 0 Å². The van der Waals surface area contributed by atoms with Crippen molar-refractivity contribution in [1.82, 2.24) is 0 Å². The van der Waals surface area contributed by atoms with Crippen molar-refractivity contribution in [3.05, 3.63) is 35.9 Å². The van der Waals surface area contributed by atoms with Gasteiger partial charge in [-0.05, 0) is 30.7 Å². The zero-order valence-corrected chi connectivity index (χ0v) is 9.11. The molecule has 0 fully saturated rings. The van der Waals surface area contributed by atoms with E-state index in [0.717, 1.165) is 19.3 Å². The van der Waals surface area contributed by atoms with Gasteiger partial charge < -0.3 is 5.11 Å². The fourth-order valence-electron chi connectivity index (χ4n) is 1.76. The van der Waals surface area contributed by atoms with Crippen LogP contribution in [-0.2, 0) is 0 Å².